The van der Waals surface area contributed by atoms with E-state index in [1.807, 2.05) is 0 Å². The first-order chi connectivity index (χ1) is 20.2. The van der Waals surface area contributed by atoms with E-state index >= 15 is 4.57 Å². The molecule has 0 aliphatic carbocycles. The van der Waals surface area contributed by atoms with Crippen LogP contribution in [-0.4, -0.2) is 36.5 Å². The highest BCUT2D eigenvalue weighted by Crippen LogP contribution is 2.65. The minimum atomic E-state index is -3.47. The van der Waals surface area contributed by atoms with Gasteiger partial charge in [0.25, 0.3) is 0 Å². The molecule has 4 atom stereocenters. The van der Waals surface area contributed by atoms with Crippen LogP contribution in [0.4, 0.5) is 0 Å². The Labute approximate surface area is 265 Å². The zero-order chi connectivity index (χ0) is 31.9. The summed E-state index contributed by atoms with van der Waals surface area (Å²) in [5.41, 5.74) is 0. The number of rotatable bonds is 30. The van der Waals surface area contributed by atoms with Gasteiger partial charge >= 0.3 is 7.60 Å². The van der Waals surface area contributed by atoms with Crippen molar-refractivity contribution >= 4 is 7.60 Å². The monoisotopic (exact) mass is 616 g/mol. The van der Waals surface area contributed by atoms with Crippen molar-refractivity contribution < 1.29 is 13.6 Å². The second-order valence-electron chi connectivity index (χ2n) is 13.3. The Bertz CT molecular complexity index is 611. The van der Waals surface area contributed by atoms with Crippen molar-refractivity contribution in [2.24, 2.45) is 23.7 Å². The van der Waals surface area contributed by atoms with Crippen molar-refractivity contribution in [3.63, 3.8) is 0 Å². The average molecular weight is 616 g/mol. The molecule has 0 aromatic heterocycles. The molecule has 4 nitrogen and oxygen atoms in total. The Morgan fingerprint density at radius 2 is 0.833 bits per heavy atom. The molecule has 0 fully saturated rings. The van der Waals surface area contributed by atoms with Crippen molar-refractivity contribution in [2.75, 3.05) is 26.3 Å². The largest absolute Gasteiger partial charge is 0.350 e. The van der Waals surface area contributed by atoms with Gasteiger partial charge in [-0.05, 0) is 62.2 Å². The molecule has 0 spiro atoms. The highest BCUT2D eigenvalue weighted by atomic mass is 31.2. The van der Waals surface area contributed by atoms with Crippen LogP contribution in [0, 0.1) is 23.7 Å². The summed E-state index contributed by atoms with van der Waals surface area (Å²) in [6, 6.07) is 0. The van der Waals surface area contributed by atoms with Gasteiger partial charge in [0.05, 0.1) is 13.2 Å². The van der Waals surface area contributed by atoms with Crippen LogP contribution in [0.25, 0.3) is 0 Å². The lowest BCUT2D eigenvalue weighted by Gasteiger charge is -2.49. The lowest BCUT2D eigenvalue weighted by molar-refractivity contribution is 0.0492. The van der Waals surface area contributed by atoms with E-state index in [1.165, 1.54) is 77.0 Å². The quantitative estimate of drug-likeness (QED) is 0.0754. The smallest absolute Gasteiger partial charge is 0.307 e. The van der Waals surface area contributed by atoms with Gasteiger partial charge in [-0.15, -0.1) is 0 Å². The molecule has 0 saturated carbocycles. The summed E-state index contributed by atoms with van der Waals surface area (Å²) >= 11 is 0. The van der Waals surface area contributed by atoms with E-state index in [0.29, 0.717) is 36.9 Å². The Morgan fingerprint density at radius 1 is 0.524 bits per heavy atom. The van der Waals surface area contributed by atoms with E-state index in [4.69, 9.17) is 9.05 Å². The normalized spacial score (nSPS) is 16.8. The van der Waals surface area contributed by atoms with Crippen molar-refractivity contribution in [3.8, 4) is 0 Å². The third-order valence-corrected chi connectivity index (χ3v) is 13.2. The molecule has 254 valence electrons. The molecule has 0 bridgehead atoms. The fourth-order valence-electron chi connectivity index (χ4n) is 6.61. The molecule has 0 saturated heterocycles. The molecule has 0 aliphatic rings. The molecule has 0 rings (SSSR count). The predicted molar refractivity (Wildman–Crippen MR) is 188 cm³/mol. The zero-order valence-electron chi connectivity index (χ0n) is 30.5. The van der Waals surface area contributed by atoms with Crippen molar-refractivity contribution in [1.82, 2.24) is 4.90 Å². The van der Waals surface area contributed by atoms with Crippen LogP contribution in [0.15, 0.2) is 0 Å². The third kappa shape index (κ3) is 14.5. The van der Waals surface area contributed by atoms with Gasteiger partial charge in [0.2, 0.25) is 0 Å². The Kier molecular flexibility index (Phi) is 25.4. The first-order valence-corrected chi connectivity index (χ1v) is 20.4. The van der Waals surface area contributed by atoms with Gasteiger partial charge in [-0.3, -0.25) is 9.46 Å². The molecular formula is C37H78NO3P. The average Bonchev–Trinajstić information content (AvgIpc) is 3.01. The summed E-state index contributed by atoms with van der Waals surface area (Å²) < 4.78 is 29.2. The number of nitrogens with zero attached hydrogens (tertiary/aromatic N) is 1. The summed E-state index contributed by atoms with van der Waals surface area (Å²) in [5.74, 6) is 2.09. The van der Waals surface area contributed by atoms with Crippen LogP contribution in [0.2, 0.25) is 0 Å². The molecule has 0 amide bonds. The molecule has 0 N–H and O–H groups in total. The molecule has 0 aromatic rings. The lowest BCUT2D eigenvalue weighted by Crippen LogP contribution is -2.52. The second-order valence-corrected chi connectivity index (χ2v) is 15.7. The first-order valence-electron chi connectivity index (χ1n) is 18.9. The van der Waals surface area contributed by atoms with Gasteiger partial charge < -0.3 is 9.05 Å². The van der Waals surface area contributed by atoms with Gasteiger partial charge in [0, 0.05) is 13.1 Å². The minimum absolute atomic E-state index is 0.435. The summed E-state index contributed by atoms with van der Waals surface area (Å²) in [4.78, 5) is 2.67. The second kappa shape index (κ2) is 25.3. The summed E-state index contributed by atoms with van der Waals surface area (Å²) in [6.45, 7) is 25.9. The van der Waals surface area contributed by atoms with E-state index in [-0.39, 0.29) is 0 Å². The van der Waals surface area contributed by atoms with Crippen LogP contribution in [0.3, 0.4) is 0 Å². The number of hydrogen-bond donors (Lipinski definition) is 0. The standard InChI is InChI=1S/C37H78NO3P/c1-11-21-25-33(15-5)29-38(30-34(16-6)26-22-12-2)37(19-9,20-10)42(39,40-31-35(17-7)27-23-13-3)41-32-36(18-8)28-24-14-4/h33-36H,11-32H2,1-10H3. The summed E-state index contributed by atoms with van der Waals surface area (Å²) in [5, 5.41) is -0.585. The van der Waals surface area contributed by atoms with E-state index < -0.39 is 12.9 Å². The molecule has 0 heterocycles. The van der Waals surface area contributed by atoms with Crippen LogP contribution < -0.4 is 0 Å². The van der Waals surface area contributed by atoms with Gasteiger partial charge in [-0.1, -0.05) is 146 Å². The van der Waals surface area contributed by atoms with E-state index in [1.54, 1.807) is 0 Å². The Morgan fingerprint density at radius 3 is 1.10 bits per heavy atom. The van der Waals surface area contributed by atoms with Crippen LogP contribution in [-0.2, 0) is 13.6 Å². The topological polar surface area (TPSA) is 38.8 Å². The van der Waals surface area contributed by atoms with Gasteiger partial charge in [-0.25, -0.2) is 0 Å². The van der Waals surface area contributed by atoms with E-state index in [0.717, 1.165) is 51.6 Å². The van der Waals surface area contributed by atoms with Crippen molar-refractivity contribution in [1.29, 1.82) is 0 Å². The maximum atomic E-state index is 15.6. The fourth-order valence-corrected chi connectivity index (χ4v) is 9.26. The molecule has 4 unspecified atom stereocenters. The minimum Gasteiger partial charge on any atom is -0.307 e. The third-order valence-electron chi connectivity index (χ3n) is 10.3. The molecular weight excluding hydrogens is 537 g/mol. The van der Waals surface area contributed by atoms with Crippen LogP contribution >= 0.6 is 7.60 Å². The van der Waals surface area contributed by atoms with E-state index in [2.05, 4.69) is 74.1 Å². The van der Waals surface area contributed by atoms with Crippen molar-refractivity contribution in [3.05, 3.63) is 0 Å². The molecule has 0 aliphatic heterocycles. The maximum absolute atomic E-state index is 15.6. The zero-order valence-corrected chi connectivity index (χ0v) is 31.4. The molecule has 42 heavy (non-hydrogen) atoms. The first kappa shape index (κ1) is 42.1. The Balaban J connectivity index is 6.72. The molecule has 0 radical (unpaired) electrons. The van der Waals surface area contributed by atoms with Gasteiger partial charge in [0.1, 0.15) is 5.28 Å². The molecule has 5 heteroatoms. The van der Waals surface area contributed by atoms with Crippen LogP contribution in [0.5, 0.6) is 0 Å². The lowest BCUT2D eigenvalue weighted by atomic mass is 9.93. The SMILES string of the molecule is CCCCC(CC)COP(=O)(OCC(CC)CCCC)C(CC)(CC)N(CC(CC)CCCC)CC(CC)CCCC. The van der Waals surface area contributed by atoms with Gasteiger partial charge in [-0.2, -0.15) is 0 Å². The van der Waals surface area contributed by atoms with Crippen molar-refractivity contribution in [2.45, 2.75) is 190 Å². The van der Waals surface area contributed by atoms with Crippen LogP contribution in [0.1, 0.15) is 185 Å². The summed E-state index contributed by atoms with van der Waals surface area (Å²) in [7, 11) is -3.47. The van der Waals surface area contributed by atoms with E-state index in [9.17, 15) is 0 Å². The molecule has 0 aromatic carbocycles. The Hall–Kier alpha value is 0.110. The van der Waals surface area contributed by atoms with Gasteiger partial charge in [0.15, 0.2) is 0 Å². The highest BCUT2D eigenvalue weighted by Gasteiger charge is 2.53. The number of unbranched alkanes of at least 4 members (excludes halogenated alkanes) is 4. The predicted octanol–water partition coefficient (Wildman–Crippen LogP) is 12.9. The highest BCUT2D eigenvalue weighted by molar-refractivity contribution is 7.55. The fraction of sp³-hybridized carbons (Fsp3) is 1.00. The number of hydrogen-bond acceptors (Lipinski definition) is 4. The summed E-state index contributed by atoms with van der Waals surface area (Å²) in [6.07, 6.45) is 20.6. The maximum Gasteiger partial charge on any atom is 0.350 e.